The molecule has 2 rings (SSSR count). The van der Waals surface area contributed by atoms with Gasteiger partial charge in [-0.05, 0) is 20.3 Å². The summed E-state index contributed by atoms with van der Waals surface area (Å²) in [6.45, 7) is 6.08. The van der Waals surface area contributed by atoms with Crippen molar-refractivity contribution in [1.29, 1.82) is 0 Å². The molecule has 2 unspecified atom stereocenters. The minimum absolute atomic E-state index is 0.0906. The number of rotatable bonds is 2. The third-order valence-corrected chi connectivity index (χ3v) is 2.60. The Bertz CT molecular complexity index is 189. The van der Waals surface area contributed by atoms with E-state index in [0.717, 1.165) is 26.1 Å². The van der Waals surface area contributed by atoms with Crippen molar-refractivity contribution in [3.05, 3.63) is 0 Å². The smallest absolute Gasteiger partial charge is 0.168 e. The van der Waals surface area contributed by atoms with Crippen LogP contribution in [0.2, 0.25) is 0 Å². The average Bonchev–Trinajstić information content (AvgIpc) is 2.51. The maximum Gasteiger partial charge on any atom is 0.168 e. The third-order valence-electron chi connectivity index (χ3n) is 2.60. The highest BCUT2D eigenvalue weighted by molar-refractivity contribution is 4.75. The van der Waals surface area contributed by atoms with E-state index in [9.17, 15) is 0 Å². The van der Waals surface area contributed by atoms with E-state index in [-0.39, 0.29) is 12.4 Å². The molecule has 0 aromatic heterocycles. The van der Waals surface area contributed by atoms with E-state index in [4.69, 9.17) is 18.9 Å². The standard InChI is InChI=1S/C10H18O4/c1-8-11-7-9(14-8)6-10(2)12-4-3-5-13-10/h8-9H,3-7H2,1-2H3. The highest BCUT2D eigenvalue weighted by atomic mass is 16.7. The Morgan fingerprint density at radius 3 is 2.57 bits per heavy atom. The Morgan fingerprint density at radius 1 is 1.29 bits per heavy atom. The van der Waals surface area contributed by atoms with Gasteiger partial charge in [-0.1, -0.05) is 0 Å². The molecule has 0 aromatic rings. The van der Waals surface area contributed by atoms with Gasteiger partial charge in [0, 0.05) is 6.42 Å². The molecule has 2 atom stereocenters. The van der Waals surface area contributed by atoms with Gasteiger partial charge in [-0.2, -0.15) is 0 Å². The molecule has 4 nitrogen and oxygen atoms in total. The summed E-state index contributed by atoms with van der Waals surface area (Å²) in [5.74, 6) is -0.476. The first-order valence-corrected chi connectivity index (χ1v) is 5.23. The predicted octanol–water partition coefficient (Wildman–Crippen LogP) is 1.29. The van der Waals surface area contributed by atoms with Crippen LogP contribution in [-0.2, 0) is 18.9 Å². The van der Waals surface area contributed by atoms with Gasteiger partial charge < -0.3 is 18.9 Å². The molecule has 2 aliphatic rings. The first-order chi connectivity index (χ1) is 6.68. The zero-order chi connectivity index (χ0) is 10.0. The van der Waals surface area contributed by atoms with E-state index in [1.807, 2.05) is 13.8 Å². The molecule has 0 amide bonds. The van der Waals surface area contributed by atoms with Crippen molar-refractivity contribution in [2.75, 3.05) is 19.8 Å². The minimum Gasteiger partial charge on any atom is -0.350 e. The van der Waals surface area contributed by atoms with Crippen LogP contribution in [0.25, 0.3) is 0 Å². The zero-order valence-electron chi connectivity index (χ0n) is 8.82. The fourth-order valence-electron chi connectivity index (χ4n) is 1.91. The lowest BCUT2D eigenvalue weighted by Crippen LogP contribution is -2.41. The van der Waals surface area contributed by atoms with Crippen LogP contribution >= 0.6 is 0 Å². The van der Waals surface area contributed by atoms with Crippen LogP contribution in [0.5, 0.6) is 0 Å². The first kappa shape index (κ1) is 10.4. The van der Waals surface area contributed by atoms with Crippen molar-refractivity contribution in [2.24, 2.45) is 0 Å². The fraction of sp³-hybridized carbons (Fsp3) is 1.00. The van der Waals surface area contributed by atoms with Gasteiger partial charge in [-0.15, -0.1) is 0 Å². The highest BCUT2D eigenvalue weighted by Crippen LogP contribution is 2.27. The average molecular weight is 202 g/mol. The van der Waals surface area contributed by atoms with Gasteiger partial charge in [0.1, 0.15) is 0 Å². The molecular formula is C10H18O4. The monoisotopic (exact) mass is 202 g/mol. The van der Waals surface area contributed by atoms with Crippen molar-refractivity contribution in [3.63, 3.8) is 0 Å². The topological polar surface area (TPSA) is 36.9 Å². The van der Waals surface area contributed by atoms with Crippen LogP contribution in [0.4, 0.5) is 0 Å². The number of ether oxygens (including phenoxy) is 4. The van der Waals surface area contributed by atoms with E-state index in [1.165, 1.54) is 0 Å². The molecule has 0 radical (unpaired) electrons. The Hall–Kier alpha value is -0.160. The lowest BCUT2D eigenvalue weighted by atomic mass is 10.1. The molecule has 0 aliphatic carbocycles. The van der Waals surface area contributed by atoms with Crippen LogP contribution in [0.3, 0.4) is 0 Å². The minimum atomic E-state index is -0.476. The van der Waals surface area contributed by atoms with Crippen LogP contribution in [0.1, 0.15) is 26.7 Å². The van der Waals surface area contributed by atoms with Gasteiger partial charge in [0.25, 0.3) is 0 Å². The Kier molecular flexibility index (Phi) is 3.07. The summed E-state index contributed by atoms with van der Waals surface area (Å²) in [4.78, 5) is 0. The maximum atomic E-state index is 5.60. The van der Waals surface area contributed by atoms with Crippen molar-refractivity contribution in [1.82, 2.24) is 0 Å². The van der Waals surface area contributed by atoms with Crippen LogP contribution in [0, 0.1) is 0 Å². The Balaban J connectivity index is 1.83. The second kappa shape index (κ2) is 4.14. The summed E-state index contributed by atoms with van der Waals surface area (Å²) in [7, 11) is 0. The van der Waals surface area contributed by atoms with Crippen LogP contribution < -0.4 is 0 Å². The summed E-state index contributed by atoms with van der Waals surface area (Å²) in [6.07, 6.45) is 1.74. The number of hydrogen-bond donors (Lipinski definition) is 0. The van der Waals surface area contributed by atoms with E-state index in [0.29, 0.717) is 6.61 Å². The third kappa shape index (κ3) is 2.45. The highest BCUT2D eigenvalue weighted by Gasteiger charge is 2.35. The summed E-state index contributed by atoms with van der Waals surface area (Å²) >= 11 is 0. The predicted molar refractivity (Wildman–Crippen MR) is 49.8 cm³/mol. The molecule has 2 fully saturated rings. The largest absolute Gasteiger partial charge is 0.350 e. The maximum absolute atomic E-state index is 5.60. The first-order valence-electron chi connectivity index (χ1n) is 5.23. The van der Waals surface area contributed by atoms with Gasteiger partial charge in [-0.25, -0.2) is 0 Å². The van der Waals surface area contributed by atoms with Crippen LogP contribution in [0.15, 0.2) is 0 Å². The summed E-state index contributed by atoms with van der Waals surface area (Å²) in [5, 5.41) is 0. The number of hydrogen-bond acceptors (Lipinski definition) is 4. The molecule has 2 heterocycles. The second-order valence-corrected chi connectivity index (χ2v) is 4.05. The van der Waals surface area contributed by atoms with E-state index in [1.54, 1.807) is 0 Å². The molecular weight excluding hydrogens is 184 g/mol. The van der Waals surface area contributed by atoms with E-state index in [2.05, 4.69) is 0 Å². The SMILES string of the molecule is CC1OCC(CC2(C)OCCCO2)O1. The molecule has 82 valence electrons. The summed E-state index contributed by atoms with van der Waals surface area (Å²) in [5.41, 5.74) is 0. The lowest BCUT2D eigenvalue weighted by molar-refractivity contribution is -0.267. The molecule has 0 spiro atoms. The Labute approximate surface area is 84.5 Å². The molecule has 0 saturated carbocycles. The van der Waals surface area contributed by atoms with Gasteiger partial charge in [0.2, 0.25) is 0 Å². The molecule has 0 N–H and O–H groups in total. The van der Waals surface area contributed by atoms with Gasteiger partial charge in [-0.3, -0.25) is 0 Å². The second-order valence-electron chi connectivity index (χ2n) is 4.05. The van der Waals surface area contributed by atoms with Gasteiger partial charge in [0.05, 0.1) is 25.9 Å². The summed E-state index contributed by atoms with van der Waals surface area (Å²) < 4.78 is 22.1. The van der Waals surface area contributed by atoms with Gasteiger partial charge in [0.15, 0.2) is 12.1 Å². The molecule has 2 saturated heterocycles. The quantitative estimate of drug-likeness (QED) is 0.676. The zero-order valence-corrected chi connectivity index (χ0v) is 8.82. The van der Waals surface area contributed by atoms with E-state index >= 15 is 0 Å². The van der Waals surface area contributed by atoms with Crippen molar-refractivity contribution in [2.45, 2.75) is 44.9 Å². The molecule has 4 heteroatoms. The molecule has 2 aliphatic heterocycles. The molecule has 0 aromatic carbocycles. The molecule has 14 heavy (non-hydrogen) atoms. The normalized spacial score (nSPS) is 37.3. The van der Waals surface area contributed by atoms with E-state index < -0.39 is 5.79 Å². The summed E-state index contributed by atoms with van der Waals surface area (Å²) in [6, 6.07) is 0. The van der Waals surface area contributed by atoms with Crippen molar-refractivity contribution < 1.29 is 18.9 Å². The van der Waals surface area contributed by atoms with Crippen LogP contribution in [-0.4, -0.2) is 38.0 Å². The lowest BCUT2D eigenvalue weighted by Gasteiger charge is -2.35. The van der Waals surface area contributed by atoms with Crippen molar-refractivity contribution in [3.8, 4) is 0 Å². The van der Waals surface area contributed by atoms with Crippen molar-refractivity contribution >= 4 is 0 Å². The van der Waals surface area contributed by atoms with Gasteiger partial charge >= 0.3 is 0 Å². The Morgan fingerprint density at radius 2 is 2.00 bits per heavy atom. The molecule has 0 bridgehead atoms. The fourth-order valence-corrected chi connectivity index (χ4v) is 1.91.